The van der Waals surface area contributed by atoms with Gasteiger partial charge in [0.1, 0.15) is 12.0 Å². The zero-order valence-electron chi connectivity index (χ0n) is 17.1. The number of hydrogen-bond donors (Lipinski definition) is 0. The molecule has 0 aromatic carbocycles. The molecule has 152 valence electrons. The van der Waals surface area contributed by atoms with Crippen molar-refractivity contribution in [3.63, 3.8) is 0 Å². The van der Waals surface area contributed by atoms with E-state index in [0.717, 1.165) is 51.0 Å². The van der Waals surface area contributed by atoms with Crippen LogP contribution in [-0.4, -0.2) is 36.5 Å². The quantitative estimate of drug-likeness (QED) is 0.424. The Bertz CT molecular complexity index is 1170. The van der Waals surface area contributed by atoms with Crippen molar-refractivity contribution in [2.75, 3.05) is 7.11 Å². The Hall–Kier alpha value is -2.45. The third-order valence-electron chi connectivity index (χ3n) is 5.23. The van der Waals surface area contributed by atoms with Crippen LogP contribution in [0.3, 0.4) is 0 Å². The maximum atomic E-state index is 6.66. The van der Waals surface area contributed by atoms with E-state index in [2.05, 4.69) is 29.0 Å². The van der Waals surface area contributed by atoms with Gasteiger partial charge < -0.3 is 4.74 Å². The van der Waals surface area contributed by atoms with Gasteiger partial charge in [0, 0.05) is 18.7 Å². The van der Waals surface area contributed by atoms with Crippen LogP contribution in [-0.2, 0) is 7.05 Å². The van der Waals surface area contributed by atoms with Crippen LogP contribution in [0.1, 0.15) is 43.9 Å². The smallest absolute Gasteiger partial charge is 0.231 e. The molecule has 29 heavy (non-hydrogen) atoms. The third kappa shape index (κ3) is 3.30. The predicted octanol–water partition coefficient (Wildman–Crippen LogP) is 5.13. The topological polar surface area (TPSA) is 70.1 Å². The summed E-state index contributed by atoms with van der Waals surface area (Å²) in [6, 6.07) is 3.93. The highest BCUT2D eigenvalue weighted by atomic mass is 35.5. The Kier molecular flexibility index (Phi) is 5.31. The average molecular weight is 431 g/mol. The van der Waals surface area contributed by atoms with Crippen molar-refractivity contribution >= 4 is 28.6 Å². The molecule has 0 bridgehead atoms. The average Bonchev–Trinajstić information content (AvgIpc) is 3.38. The van der Waals surface area contributed by atoms with Crippen molar-refractivity contribution in [2.45, 2.75) is 39.5 Å². The second-order valence-corrected chi connectivity index (χ2v) is 8.39. The molecule has 0 spiro atoms. The second kappa shape index (κ2) is 7.76. The third-order valence-corrected chi connectivity index (χ3v) is 6.78. The molecule has 0 aliphatic rings. The number of fused-ring (bicyclic) bond motifs is 1. The van der Waals surface area contributed by atoms with Crippen LogP contribution in [0.15, 0.2) is 18.5 Å². The number of imidazole rings is 1. The molecule has 0 saturated heterocycles. The van der Waals surface area contributed by atoms with Gasteiger partial charge in [0.05, 0.1) is 27.6 Å². The van der Waals surface area contributed by atoms with Crippen molar-refractivity contribution in [2.24, 2.45) is 7.05 Å². The fourth-order valence-corrected chi connectivity index (χ4v) is 5.22. The van der Waals surface area contributed by atoms with Crippen molar-refractivity contribution in [1.29, 1.82) is 0 Å². The highest BCUT2D eigenvalue weighted by Crippen LogP contribution is 2.42. The first kappa shape index (κ1) is 19.8. The number of hydrogen-bond acceptors (Lipinski definition) is 6. The first-order valence-electron chi connectivity index (χ1n) is 9.56. The van der Waals surface area contributed by atoms with Crippen LogP contribution in [0.2, 0.25) is 5.02 Å². The SMILES string of the molecule is CCC(CC)c1cc(OC)nn2c(-c3sc(-c4ncnn4C)cc3Cl)c(C)nc12. The number of aryl methyl sites for hydroxylation is 2. The second-order valence-electron chi connectivity index (χ2n) is 6.93. The number of halogens is 1. The summed E-state index contributed by atoms with van der Waals surface area (Å²) in [5.41, 5.74) is 3.77. The normalized spacial score (nSPS) is 11.7. The number of ether oxygens (including phenoxy) is 1. The Labute approximate surface area is 178 Å². The molecular formula is C20H23ClN6OS. The Balaban J connectivity index is 1.96. The largest absolute Gasteiger partial charge is 0.480 e. The van der Waals surface area contributed by atoms with Crippen molar-refractivity contribution in [3.8, 4) is 27.2 Å². The van der Waals surface area contributed by atoms with E-state index < -0.39 is 0 Å². The lowest BCUT2D eigenvalue weighted by Gasteiger charge is -2.15. The van der Waals surface area contributed by atoms with Gasteiger partial charge in [-0.1, -0.05) is 25.4 Å². The standard InChI is InChI=1S/C20H23ClN6OS/c1-6-12(7-2)13-8-16(28-5)25-27-17(11(3)24-19(13)27)18-14(21)9-15(29-18)20-22-10-23-26(20)4/h8-10,12H,6-7H2,1-5H3. The van der Waals surface area contributed by atoms with Gasteiger partial charge >= 0.3 is 0 Å². The summed E-state index contributed by atoms with van der Waals surface area (Å²) in [5, 5.41) is 9.48. The Morgan fingerprint density at radius 1 is 1.24 bits per heavy atom. The Morgan fingerprint density at radius 2 is 2.00 bits per heavy atom. The highest BCUT2D eigenvalue weighted by Gasteiger charge is 2.24. The van der Waals surface area contributed by atoms with Gasteiger partial charge in [0.25, 0.3) is 0 Å². The summed E-state index contributed by atoms with van der Waals surface area (Å²) in [6.07, 6.45) is 3.59. The summed E-state index contributed by atoms with van der Waals surface area (Å²) in [6.45, 7) is 6.38. The van der Waals surface area contributed by atoms with E-state index in [-0.39, 0.29) is 0 Å². The van der Waals surface area contributed by atoms with E-state index in [0.29, 0.717) is 16.8 Å². The van der Waals surface area contributed by atoms with Gasteiger partial charge in [0.15, 0.2) is 11.5 Å². The van der Waals surface area contributed by atoms with Gasteiger partial charge in [-0.3, -0.25) is 0 Å². The summed E-state index contributed by atoms with van der Waals surface area (Å²) in [4.78, 5) is 11.1. The summed E-state index contributed by atoms with van der Waals surface area (Å²) in [7, 11) is 3.50. The van der Waals surface area contributed by atoms with Gasteiger partial charge in [-0.25, -0.2) is 19.2 Å². The minimum atomic E-state index is 0.386. The molecule has 0 atom stereocenters. The monoisotopic (exact) mass is 430 g/mol. The molecular weight excluding hydrogens is 408 g/mol. The molecule has 0 saturated carbocycles. The fourth-order valence-electron chi connectivity index (χ4n) is 3.68. The van der Waals surface area contributed by atoms with E-state index in [9.17, 15) is 0 Å². The predicted molar refractivity (Wildman–Crippen MR) is 116 cm³/mol. The highest BCUT2D eigenvalue weighted by molar-refractivity contribution is 7.19. The van der Waals surface area contributed by atoms with Gasteiger partial charge in [0.2, 0.25) is 5.88 Å². The number of methoxy groups -OCH3 is 1. The lowest BCUT2D eigenvalue weighted by molar-refractivity contribution is 0.388. The number of rotatable bonds is 6. The molecule has 4 aromatic rings. The minimum absolute atomic E-state index is 0.386. The summed E-state index contributed by atoms with van der Waals surface area (Å²) in [5.74, 6) is 1.73. The summed E-state index contributed by atoms with van der Waals surface area (Å²) < 4.78 is 9.11. The molecule has 0 aliphatic carbocycles. The van der Waals surface area contributed by atoms with Crippen molar-refractivity contribution in [1.82, 2.24) is 29.4 Å². The summed E-state index contributed by atoms with van der Waals surface area (Å²) >= 11 is 8.22. The van der Waals surface area contributed by atoms with Crippen LogP contribution < -0.4 is 4.74 Å². The molecule has 4 heterocycles. The van der Waals surface area contributed by atoms with Crippen LogP contribution in [0.5, 0.6) is 5.88 Å². The van der Waals surface area contributed by atoms with Crippen molar-refractivity contribution < 1.29 is 4.74 Å². The zero-order valence-corrected chi connectivity index (χ0v) is 18.7. The molecule has 0 amide bonds. The molecule has 9 heteroatoms. The van der Waals surface area contributed by atoms with E-state index in [1.165, 1.54) is 6.33 Å². The lowest BCUT2D eigenvalue weighted by Crippen LogP contribution is -2.05. The lowest BCUT2D eigenvalue weighted by atomic mass is 9.95. The molecule has 0 unspecified atom stereocenters. The van der Waals surface area contributed by atoms with Gasteiger partial charge in [-0.05, 0) is 31.7 Å². The van der Waals surface area contributed by atoms with Crippen LogP contribution in [0.4, 0.5) is 0 Å². The molecule has 0 fully saturated rings. The van der Waals surface area contributed by atoms with Crippen LogP contribution in [0, 0.1) is 6.92 Å². The fraction of sp³-hybridized carbons (Fsp3) is 0.400. The first-order valence-corrected chi connectivity index (χ1v) is 10.8. The van der Waals surface area contributed by atoms with E-state index >= 15 is 0 Å². The molecule has 4 rings (SSSR count). The minimum Gasteiger partial charge on any atom is -0.480 e. The number of aromatic nitrogens is 6. The molecule has 7 nitrogen and oxygen atoms in total. The van der Waals surface area contributed by atoms with Gasteiger partial charge in [-0.2, -0.15) is 5.10 Å². The molecule has 0 radical (unpaired) electrons. The molecule has 0 aliphatic heterocycles. The maximum Gasteiger partial charge on any atom is 0.231 e. The van der Waals surface area contributed by atoms with Gasteiger partial charge in [-0.15, -0.1) is 16.4 Å². The molecule has 0 N–H and O–H groups in total. The van der Waals surface area contributed by atoms with E-state index in [4.69, 9.17) is 21.3 Å². The van der Waals surface area contributed by atoms with Crippen LogP contribution in [0.25, 0.3) is 26.9 Å². The maximum absolute atomic E-state index is 6.66. The van der Waals surface area contributed by atoms with Crippen molar-refractivity contribution in [3.05, 3.63) is 34.7 Å². The number of thiophene rings is 1. The van der Waals surface area contributed by atoms with E-state index in [1.54, 1.807) is 23.1 Å². The van der Waals surface area contributed by atoms with E-state index in [1.807, 2.05) is 30.6 Å². The first-order chi connectivity index (χ1) is 14.0. The zero-order chi connectivity index (χ0) is 20.7. The molecule has 4 aromatic heterocycles. The number of nitrogens with zero attached hydrogens (tertiary/aromatic N) is 6. The Morgan fingerprint density at radius 3 is 2.62 bits per heavy atom. The van der Waals surface area contributed by atoms with Crippen LogP contribution >= 0.6 is 22.9 Å².